The van der Waals surface area contributed by atoms with Gasteiger partial charge in [-0.25, -0.2) is 22.0 Å². The number of sulfone groups is 1. The number of nitro benzene ring substituents is 1. The molecule has 0 aromatic heterocycles. The van der Waals surface area contributed by atoms with Gasteiger partial charge in [0.15, 0.2) is 0 Å². The molecule has 11 heteroatoms. The summed E-state index contributed by atoms with van der Waals surface area (Å²) in [5.74, 6) is 0. The van der Waals surface area contributed by atoms with Crippen LogP contribution in [0, 0.1) is 10.1 Å². The Morgan fingerprint density at radius 1 is 0.913 bits per heavy atom. The quantitative estimate of drug-likeness (QED) is 0.461. The van der Waals surface area contributed by atoms with E-state index in [1.165, 1.54) is 24.3 Å². The van der Waals surface area contributed by atoms with E-state index in [4.69, 9.17) is 10.9 Å². The molecule has 23 heavy (non-hydrogen) atoms. The lowest BCUT2D eigenvalue weighted by Gasteiger charge is -2.07. The first-order valence-corrected chi connectivity index (χ1v) is 8.98. The Labute approximate surface area is 131 Å². The molecule has 2 aromatic carbocycles. The molecule has 0 unspecified atom stereocenters. The van der Waals surface area contributed by atoms with Crippen molar-refractivity contribution in [1.29, 1.82) is 0 Å². The van der Waals surface area contributed by atoms with Crippen molar-refractivity contribution < 1.29 is 21.8 Å². The van der Waals surface area contributed by atoms with Crippen LogP contribution >= 0.6 is 0 Å². The third-order valence-corrected chi connectivity index (χ3v) is 5.66. The minimum Gasteiger partial charge on any atom is -0.399 e. The van der Waals surface area contributed by atoms with Gasteiger partial charge in [0.05, 0.1) is 14.7 Å². The van der Waals surface area contributed by atoms with E-state index < -0.39 is 40.3 Å². The highest BCUT2D eigenvalue weighted by atomic mass is 32.2. The van der Waals surface area contributed by atoms with Crippen molar-refractivity contribution in [2.75, 3.05) is 5.73 Å². The normalized spacial score (nSPS) is 12.0. The lowest BCUT2D eigenvalue weighted by atomic mass is 10.3. The van der Waals surface area contributed by atoms with E-state index in [1.54, 1.807) is 0 Å². The third kappa shape index (κ3) is 3.31. The van der Waals surface area contributed by atoms with Crippen LogP contribution in [-0.4, -0.2) is 21.8 Å². The predicted molar refractivity (Wildman–Crippen MR) is 80.8 cm³/mol. The van der Waals surface area contributed by atoms with Crippen LogP contribution in [0.15, 0.2) is 57.2 Å². The van der Waals surface area contributed by atoms with Gasteiger partial charge in [-0.2, -0.15) is 0 Å². The highest BCUT2D eigenvalue weighted by Gasteiger charge is 2.29. The molecule has 122 valence electrons. The molecule has 0 saturated carbocycles. The average Bonchev–Trinajstić information content (AvgIpc) is 2.46. The number of hydrogen-bond acceptors (Lipinski definition) is 7. The Kier molecular flexibility index (Phi) is 4.11. The topological polar surface area (TPSA) is 163 Å². The summed E-state index contributed by atoms with van der Waals surface area (Å²) in [6.07, 6.45) is 0. The maximum atomic E-state index is 12.5. The molecule has 0 atom stereocenters. The van der Waals surface area contributed by atoms with Crippen molar-refractivity contribution in [1.82, 2.24) is 0 Å². The zero-order valence-electron chi connectivity index (χ0n) is 11.4. The molecule has 0 saturated heterocycles. The summed E-state index contributed by atoms with van der Waals surface area (Å²) in [4.78, 5) is 8.73. The lowest BCUT2D eigenvalue weighted by Crippen LogP contribution is -2.13. The molecule has 0 bridgehead atoms. The van der Waals surface area contributed by atoms with Crippen LogP contribution < -0.4 is 10.9 Å². The monoisotopic (exact) mass is 357 g/mol. The first-order valence-electron chi connectivity index (χ1n) is 5.95. The zero-order valence-corrected chi connectivity index (χ0v) is 13.0. The second kappa shape index (κ2) is 5.61. The highest BCUT2D eigenvalue weighted by molar-refractivity contribution is 7.91. The second-order valence-electron chi connectivity index (χ2n) is 4.50. The Hall–Kier alpha value is -2.50. The molecule has 9 nitrogen and oxygen atoms in total. The fourth-order valence-corrected chi connectivity index (χ4v) is 3.76. The van der Waals surface area contributed by atoms with Crippen molar-refractivity contribution >= 4 is 31.2 Å². The van der Waals surface area contributed by atoms with Crippen LogP contribution in [0.4, 0.5) is 11.4 Å². The van der Waals surface area contributed by atoms with Gasteiger partial charge in [0.2, 0.25) is 19.9 Å². The summed E-state index contributed by atoms with van der Waals surface area (Å²) in [7, 11) is -8.43. The molecular weight excluding hydrogens is 346 g/mol. The molecule has 0 aliphatic carbocycles. The summed E-state index contributed by atoms with van der Waals surface area (Å²) in [5, 5.41) is 16.0. The first-order chi connectivity index (χ1) is 10.5. The molecule has 0 heterocycles. The van der Waals surface area contributed by atoms with Gasteiger partial charge >= 0.3 is 0 Å². The van der Waals surface area contributed by atoms with E-state index in [-0.39, 0.29) is 4.90 Å². The van der Waals surface area contributed by atoms with Crippen LogP contribution in [0.5, 0.6) is 0 Å². The van der Waals surface area contributed by atoms with Gasteiger partial charge in [0, 0.05) is 11.8 Å². The van der Waals surface area contributed by atoms with Crippen molar-refractivity contribution in [3.8, 4) is 0 Å². The van der Waals surface area contributed by atoms with Gasteiger partial charge in [-0.05, 0) is 36.4 Å². The summed E-state index contributed by atoms with van der Waals surface area (Å²) in [6.45, 7) is 0. The van der Waals surface area contributed by atoms with Gasteiger partial charge in [-0.1, -0.05) is 0 Å². The van der Waals surface area contributed by atoms with Gasteiger partial charge in [-0.15, -0.1) is 0 Å². The van der Waals surface area contributed by atoms with E-state index in [0.717, 1.165) is 12.1 Å². The third-order valence-electron chi connectivity index (χ3n) is 2.94. The number of benzene rings is 2. The lowest BCUT2D eigenvalue weighted by molar-refractivity contribution is -0.388. The Morgan fingerprint density at radius 2 is 1.43 bits per heavy atom. The molecule has 0 aliphatic heterocycles. The molecule has 4 N–H and O–H groups in total. The number of rotatable bonds is 4. The van der Waals surface area contributed by atoms with E-state index >= 15 is 0 Å². The van der Waals surface area contributed by atoms with Crippen LogP contribution in [-0.2, 0) is 19.9 Å². The fraction of sp³-hybridized carbons (Fsp3) is 0. The van der Waals surface area contributed by atoms with E-state index in [1.807, 2.05) is 0 Å². The standard InChI is InChI=1S/C12H11N3O6S2/c13-8-1-3-9(4-2-8)22(18,19)12-6-5-10(23(14,20)21)7-11(12)15(16)17/h1-7H,13H2,(H2,14,20,21). The molecule has 0 fully saturated rings. The number of nitrogens with two attached hydrogens (primary N) is 2. The SMILES string of the molecule is Nc1ccc(S(=O)(=O)c2ccc(S(N)(=O)=O)cc2[N+](=O)[O-])cc1. The Morgan fingerprint density at radius 3 is 1.91 bits per heavy atom. The van der Waals surface area contributed by atoms with Crippen molar-refractivity contribution in [3.63, 3.8) is 0 Å². The fourth-order valence-electron chi connectivity index (χ4n) is 1.82. The van der Waals surface area contributed by atoms with E-state index in [2.05, 4.69) is 0 Å². The van der Waals surface area contributed by atoms with Gasteiger partial charge in [0.1, 0.15) is 4.90 Å². The second-order valence-corrected chi connectivity index (χ2v) is 7.98. The van der Waals surface area contributed by atoms with Gasteiger partial charge < -0.3 is 5.73 Å². The number of sulfonamides is 1. The molecule has 2 rings (SSSR count). The highest BCUT2D eigenvalue weighted by Crippen LogP contribution is 2.31. The van der Waals surface area contributed by atoms with Crippen LogP contribution in [0.1, 0.15) is 0 Å². The van der Waals surface area contributed by atoms with Crippen LogP contribution in [0.3, 0.4) is 0 Å². The summed E-state index contributed by atoms with van der Waals surface area (Å²) in [5.41, 5.74) is 4.91. The predicted octanol–water partition coefficient (Wildman–Crippen LogP) is 0.657. The maximum Gasteiger partial charge on any atom is 0.289 e. The summed E-state index contributed by atoms with van der Waals surface area (Å²) >= 11 is 0. The van der Waals surface area contributed by atoms with E-state index in [9.17, 15) is 26.9 Å². The molecule has 2 aromatic rings. The van der Waals surface area contributed by atoms with Gasteiger partial charge in [0.25, 0.3) is 5.69 Å². The summed E-state index contributed by atoms with van der Waals surface area (Å²) < 4.78 is 47.5. The Balaban J connectivity index is 2.72. The largest absolute Gasteiger partial charge is 0.399 e. The minimum absolute atomic E-state index is 0.210. The smallest absolute Gasteiger partial charge is 0.289 e. The number of primary sulfonamides is 1. The molecule has 0 amide bonds. The van der Waals surface area contributed by atoms with Crippen molar-refractivity contribution in [2.45, 2.75) is 14.7 Å². The molecule has 0 radical (unpaired) electrons. The Bertz CT molecular complexity index is 982. The molecule has 0 spiro atoms. The first kappa shape index (κ1) is 16.9. The molecular formula is C12H11N3O6S2. The number of hydrogen-bond donors (Lipinski definition) is 2. The molecule has 0 aliphatic rings. The van der Waals surface area contributed by atoms with Crippen LogP contribution in [0.2, 0.25) is 0 Å². The van der Waals surface area contributed by atoms with Crippen molar-refractivity contribution in [2.24, 2.45) is 5.14 Å². The number of nitrogens with zero attached hydrogens (tertiary/aromatic N) is 1. The number of nitro groups is 1. The van der Waals surface area contributed by atoms with Crippen LogP contribution in [0.25, 0.3) is 0 Å². The minimum atomic E-state index is -4.23. The van der Waals surface area contributed by atoms with Gasteiger partial charge in [-0.3, -0.25) is 10.1 Å². The maximum absolute atomic E-state index is 12.5. The average molecular weight is 357 g/mol. The summed E-state index contributed by atoms with van der Waals surface area (Å²) in [6, 6.07) is 7.40. The van der Waals surface area contributed by atoms with E-state index in [0.29, 0.717) is 11.8 Å². The van der Waals surface area contributed by atoms with Crippen molar-refractivity contribution in [3.05, 3.63) is 52.6 Å². The number of nitrogen functional groups attached to an aromatic ring is 1. The number of anilines is 1. The zero-order chi connectivity index (χ0) is 17.4.